The number of aryl methyl sites for hydroxylation is 1. The highest BCUT2D eigenvalue weighted by molar-refractivity contribution is 6.30. The molecule has 0 amide bonds. The molecule has 2 rings (SSSR count). The molecule has 0 saturated carbocycles. The van der Waals surface area contributed by atoms with Crippen LogP contribution in [-0.2, 0) is 16.0 Å². The highest BCUT2D eigenvalue weighted by atomic mass is 35.5. The molecule has 0 spiro atoms. The summed E-state index contributed by atoms with van der Waals surface area (Å²) < 4.78 is 6.51. The van der Waals surface area contributed by atoms with Crippen molar-refractivity contribution in [2.24, 2.45) is 0 Å². The second-order valence-electron chi connectivity index (χ2n) is 4.29. The van der Waals surface area contributed by atoms with E-state index in [1.807, 2.05) is 42.8 Å². The van der Waals surface area contributed by atoms with E-state index in [0.717, 1.165) is 22.6 Å². The third kappa shape index (κ3) is 2.79. The minimum Gasteiger partial charge on any atom is -0.469 e. The predicted molar refractivity (Wildman–Crippen MR) is 73.8 cm³/mol. The van der Waals surface area contributed by atoms with Gasteiger partial charge in [0.2, 0.25) is 0 Å². The molecular formula is C14H15ClN2O2. The molecule has 2 aromatic rings. The molecule has 1 aromatic carbocycles. The Balaban J connectivity index is 2.40. The monoisotopic (exact) mass is 278 g/mol. The van der Waals surface area contributed by atoms with Gasteiger partial charge >= 0.3 is 5.97 Å². The van der Waals surface area contributed by atoms with Crippen LogP contribution < -0.4 is 0 Å². The van der Waals surface area contributed by atoms with Crippen molar-refractivity contribution in [1.29, 1.82) is 0 Å². The summed E-state index contributed by atoms with van der Waals surface area (Å²) in [6.07, 6.45) is 0.238. The Morgan fingerprint density at radius 3 is 2.53 bits per heavy atom. The quantitative estimate of drug-likeness (QED) is 0.811. The van der Waals surface area contributed by atoms with Gasteiger partial charge in [0.1, 0.15) is 0 Å². The van der Waals surface area contributed by atoms with Gasteiger partial charge in [0, 0.05) is 16.3 Å². The van der Waals surface area contributed by atoms with Crippen molar-refractivity contribution in [3.8, 4) is 5.69 Å². The summed E-state index contributed by atoms with van der Waals surface area (Å²) in [5.41, 5.74) is 3.59. The fourth-order valence-electron chi connectivity index (χ4n) is 1.98. The van der Waals surface area contributed by atoms with Crippen LogP contribution in [-0.4, -0.2) is 22.9 Å². The van der Waals surface area contributed by atoms with Gasteiger partial charge < -0.3 is 4.74 Å². The number of halogens is 1. The largest absolute Gasteiger partial charge is 0.469 e. The molecule has 0 fully saturated rings. The summed E-state index contributed by atoms with van der Waals surface area (Å²) >= 11 is 5.87. The number of ether oxygens (including phenoxy) is 1. The molecule has 0 aliphatic carbocycles. The number of hydrogen-bond donors (Lipinski definition) is 0. The lowest BCUT2D eigenvalue weighted by Gasteiger charge is -2.05. The van der Waals surface area contributed by atoms with Crippen molar-refractivity contribution in [2.45, 2.75) is 20.3 Å². The Bertz CT molecular complexity index is 603. The third-order valence-electron chi connectivity index (χ3n) is 3.06. The Hall–Kier alpha value is -1.81. The molecule has 0 radical (unpaired) electrons. The molecule has 5 heteroatoms. The molecule has 1 aromatic heterocycles. The lowest BCUT2D eigenvalue weighted by molar-refractivity contribution is -0.139. The van der Waals surface area contributed by atoms with Crippen LogP contribution in [0.4, 0.5) is 0 Å². The molecule has 0 atom stereocenters. The van der Waals surface area contributed by atoms with Crippen LogP contribution >= 0.6 is 11.6 Å². The van der Waals surface area contributed by atoms with E-state index < -0.39 is 0 Å². The molecule has 0 saturated heterocycles. The molecule has 0 bridgehead atoms. The molecule has 0 N–H and O–H groups in total. The van der Waals surface area contributed by atoms with Crippen LogP contribution in [0.2, 0.25) is 5.02 Å². The zero-order valence-electron chi connectivity index (χ0n) is 11.1. The number of nitrogens with zero attached hydrogens (tertiary/aromatic N) is 2. The van der Waals surface area contributed by atoms with Gasteiger partial charge in [-0.25, -0.2) is 4.68 Å². The maximum atomic E-state index is 11.4. The Kier molecular flexibility index (Phi) is 3.90. The topological polar surface area (TPSA) is 44.1 Å². The number of esters is 1. The van der Waals surface area contributed by atoms with Crippen molar-refractivity contribution in [2.75, 3.05) is 7.11 Å². The third-order valence-corrected chi connectivity index (χ3v) is 3.31. The first-order valence-electron chi connectivity index (χ1n) is 5.90. The summed E-state index contributed by atoms with van der Waals surface area (Å²) in [5, 5.41) is 5.14. The van der Waals surface area contributed by atoms with Gasteiger partial charge in [0.05, 0.1) is 24.9 Å². The van der Waals surface area contributed by atoms with Crippen molar-refractivity contribution in [1.82, 2.24) is 9.78 Å². The van der Waals surface area contributed by atoms with Gasteiger partial charge in [-0.15, -0.1) is 0 Å². The number of rotatable bonds is 3. The minimum atomic E-state index is -0.262. The fourth-order valence-corrected chi connectivity index (χ4v) is 2.11. The maximum absolute atomic E-state index is 11.4. The highest BCUT2D eigenvalue weighted by Crippen LogP contribution is 2.20. The van der Waals surface area contributed by atoms with Gasteiger partial charge in [-0.05, 0) is 38.1 Å². The van der Waals surface area contributed by atoms with Gasteiger partial charge in [-0.3, -0.25) is 4.79 Å². The van der Waals surface area contributed by atoms with Gasteiger partial charge in [-0.1, -0.05) is 11.6 Å². The summed E-state index contributed by atoms with van der Waals surface area (Å²) in [4.78, 5) is 11.4. The van der Waals surface area contributed by atoms with Crippen LogP contribution in [0.5, 0.6) is 0 Å². The molecule has 19 heavy (non-hydrogen) atoms. The smallest absolute Gasteiger partial charge is 0.310 e. The Labute approximate surface area is 116 Å². The number of carbonyl (C=O) groups excluding carboxylic acids is 1. The Morgan fingerprint density at radius 1 is 1.32 bits per heavy atom. The summed E-state index contributed by atoms with van der Waals surface area (Å²) in [7, 11) is 1.39. The van der Waals surface area contributed by atoms with Crippen LogP contribution in [0.1, 0.15) is 17.0 Å². The van der Waals surface area contributed by atoms with E-state index in [1.165, 1.54) is 7.11 Å². The van der Waals surface area contributed by atoms with Gasteiger partial charge in [0.15, 0.2) is 0 Å². The van der Waals surface area contributed by atoms with Crippen molar-refractivity contribution in [3.63, 3.8) is 0 Å². The number of methoxy groups -OCH3 is 1. The number of carbonyl (C=O) groups is 1. The molecular weight excluding hydrogens is 264 g/mol. The van der Waals surface area contributed by atoms with Crippen LogP contribution in [0.15, 0.2) is 24.3 Å². The second-order valence-corrected chi connectivity index (χ2v) is 4.73. The summed E-state index contributed by atoms with van der Waals surface area (Å²) in [6, 6.07) is 7.41. The van der Waals surface area contributed by atoms with E-state index in [9.17, 15) is 4.79 Å². The molecule has 0 unspecified atom stereocenters. The first-order chi connectivity index (χ1) is 9.02. The van der Waals surface area contributed by atoms with Crippen LogP contribution in [0, 0.1) is 13.8 Å². The first-order valence-corrected chi connectivity index (χ1v) is 6.28. The van der Waals surface area contributed by atoms with Gasteiger partial charge in [0.25, 0.3) is 0 Å². The number of aromatic nitrogens is 2. The molecule has 4 nitrogen and oxygen atoms in total. The maximum Gasteiger partial charge on any atom is 0.310 e. The van der Waals surface area contributed by atoms with E-state index in [2.05, 4.69) is 5.10 Å². The van der Waals surface area contributed by atoms with E-state index in [1.54, 1.807) is 0 Å². The minimum absolute atomic E-state index is 0.238. The zero-order chi connectivity index (χ0) is 14.0. The average Bonchev–Trinajstić information content (AvgIpc) is 2.67. The molecule has 0 aliphatic rings. The van der Waals surface area contributed by atoms with Crippen molar-refractivity contribution in [3.05, 3.63) is 46.2 Å². The average molecular weight is 279 g/mol. The van der Waals surface area contributed by atoms with Crippen LogP contribution in [0.3, 0.4) is 0 Å². The van der Waals surface area contributed by atoms with E-state index in [4.69, 9.17) is 16.3 Å². The van der Waals surface area contributed by atoms with E-state index in [-0.39, 0.29) is 12.4 Å². The summed E-state index contributed by atoms with van der Waals surface area (Å²) in [6.45, 7) is 3.82. The molecule has 1 heterocycles. The number of benzene rings is 1. The lowest BCUT2D eigenvalue weighted by atomic mass is 10.1. The molecule has 0 aliphatic heterocycles. The standard InChI is InChI=1S/C14H15ClN2O2/c1-9-13(8-14(18)19-3)10(2)17(16-9)12-6-4-11(15)5-7-12/h4-7H,8H2,1-3H3. The fraction of sp³-hybridized carbons (Fsp3) is 0.286. The predicted octanol–water partition coefficient (Wildman–Crippen LogP) is 2.86. The highest BCUT2D eigenvalue weighted by Gasteiger charge is 2.15. The van der Waals surface area contributed by atoms with Crippen molar-refractivity contribution < 1.29 is 9.53 Å². The SMILES string of the molecule is COC(=O)Cc1c(C)nn(-c2ccc(Cl)cc2)c1C. The lowest BCUT2D eigenvalue weighted by Crippen LogP contribution is -2.06. The van der Waals surface area contributed by atoms with E-state index >= 15 is 0 Å². The van der Waals surface area contributed by atoms with Crippen LogP contribution in [0.25, 0.3) is 5.69 Å². The molecule has 100 valence electrons. The Morgan fingerprint density at radius 2 is 1.95 bits per heavy atom. The van der Waals surface area contributed by atoms with E-state index in [0.29, 0.717) is 5.02 Å². The summed E-state index contributed by atoms with van der Waals surface area (Å²) in [5.74, 6) is -0.262. The first kappa shape index (κ1) is 13.6. The second kappa shape index (κ2) is 5.45. The van der Waals surface area contributed by atoms with Gasteiger partial charge in [-0.2, -0.15) is 5.10 Å². The normalized spacial score (nSPS) is 10.5. The number of hydrogen-bond acceptors (Lipinski definition) is 3. The van der Waals surface area contributed by atoms with Crippen molar-refractivity contribution >= 4 is 17.6 Å². The zero-order valence-corrected chi connectivity index (χ0v) is 11.9.